The van der Waals surface area contributed by atoms with Crippen molar-refractivity contribution in [2.24, 2.45) is 7.05 Å². The zero-order valence-electron chi connectivity index (χ0n) is 11.4. The molecule has 1 aromatic heterocycles. The van der Waals surface area contributed by atoms with Crippen LogP contribution in [0.3, 0.4) is 0 Å². The molecule has 5 heteroatoms. The van der Waals surface area contributed by atoms with Crippen molar-refractivity contribution in [3.63, 3.8) is 0 Å². The van der Waals surface area contributed by atoms with Gasteiger partial charge in [-0.15, -0.1) is 0 Å². The lowest BCUT2D eigenvalue weighted by atomic mass is 9.97. The molecule has 0 spiro atoms. The molecule has 106 valence electrons. The van der Waals surface area contributed by atoms with E-state index in [0.717, 1.165) is 43.0 Å². The van der Waals surface area contributed by atoms with Crippen LogP contribution in [0.5, 0.6) is 0 Å². The van der Waals surface area contributed by atoms with Gasteiger partial charge in [0.2, 0.25) is 0 Å². The van der Waals surface area contributed by atoms with Crippen LogP contribution in [0.4, 0.5) is 0 Å². The molecule has 0 aliphatic carbocycles. The van der Waals surface area contributed by atoms with Gasteiger partial charge in [-0.25, -0.2) is 4.98 Å². The van der Waals surface area contributed by atoms with Gasteiger partial charge in [0.25, 0.3) is 0 Å². The Bertz CT molecular complexity index is 595. The monoisotopic (exact) mass is 309 g/mol. The van der Waals surface area contributed by atoms with Gasteiger partial charge >= 0.3 is 0 Å². The molecule has 0 amide bonds. The van der Waals surface area contributed by atoms with Crippen molar-refractivity contribution in [1.29, 1.82) is 0 Å². The highest BCUT2D eigenvalue weighted by Gasteiger charge is 2.21. The van der Waals surface area contributed by atoms with Gasteiger partial charge in [0.05, 0.1) is 11.9 Å². The van der Waals surface area contributed by atoms with Crippen LogP contribution in [0.2, 0.25) is 10.0 Å². The second kappa shape index (κ2) is 5.76. The first-order valence-electron chi connectivity index (χ1n) is 6.84. The standard InChI is InChI=1S/C15H17Cl2N3/c1-20-14(11-6-12(16)8-13(17)7-11)9-19-15(20)10-2-4-18-5-3-10/h6-10,18H,2-5H2,1H3. The Morgan fingerprint density at radius 2 is 1.80 bits per heavy atom. The fourth-order valence-electron chi connectivity index (χ4n) is 2.85. The van der Waals surface area contributed by atoms with Crippen molar-refractivity contribution in [2.75, 3.05) is 13.1 Å². The molecule has 2 heterocycles. The van der Waals surface area contributed by atoms with E-state index in [1.165, 1.54) is 0 Å². The molecule has 1 aromatic carbocycles. The molecule has 1 aliphatic rings. The third kappa shape index (κ3) is 2.71. The van der Waals surface area contributed by atoms with Crippen LogP contribution in [0.1, 0.15) is 24.6 Å². The molecule has 0 unspecified atom stereocenters. The summed E-state index contributed by atoms with van der Waals surface area (Å²) in [6.45, 7) is 2.13. The van der Waals surface area contributed by atoms with E-state index < -0.39 is 0 Å². The van der Waals surface area contributed by atoms with Gasteiger partial charge in [-0.2, -0.15) is 0 Å². The van der Waals surface area contributed by atoms with Crippen LogP contribution in [0, 0.1) is 0 Å². The van der Waals surface area contributed by atoms with Crippen molar-refractivity contribution >= 4 is 23.2 Å². The van der Waals surface area contributed by atoms with E-state index in [1.54, 1.807) is 6.07 Å². The first-order chi connectivity index (χ1) is 9.65. The van der Waals surface area contributed by atoms with Crippen LogP contribution in [-0.4, -0.2) is 22.6 Å². The lowest BCUT2D eigenvalue weighted by Gasteiger charge is -2.22. The topological polar surface area (TPSA) is 29.9 Å². The molecule has 2 aromatic rings. The number of rotatable bonds is 2. The number of hydrogen-bond acceptors (Lipinski definition) is 2. The molecule has 0 saturated carbocycles. The molecule has 3 nitrogen and oxygen atoms in total. The zero-order chi connectivity index (χ0) is 14.1. The minimum Gasteiger partial charge on any atom is -0.331 e. The Hall–Kier alpha value is -1.03. The lowest BCUT2D eigenvalue weighted by molar-refractivity contribution is 0.437. The Labute approximate surface area is 128 Å². The summed E-state index contributed by atoms with van der Waals surface area (Å²) in [5.74, 6) is 1.68. The fourth-order valence-corrected chi connectivity index (χ4v) is 3.38. The van der Waals surface area contributed by atoms with Crippen molar-refractivity contribution in [2.45, 2.75) is 18.8 Å². The number of benzene rings is 1. The zero-order valence-corrected chi connectivity index (χ0v) is 12.9. The Morgan fingerprint density at radius 1 is 1.15 bits per heavy atom. The fraction of sp³-hybridized carbons (Fsp3) is 0.400. The number of aromatic nitrogens is 2. The van der Waals surface area contributed by atoms with E-state index in [2.05, 4.69) is 21.9 Å². The molecule has 0 radical (unpaired) electrons. The average Bonchev–Trinajstić information content (AvgIpc) is 2.80. The SMILES string of the molecule is Cn1c(-c2cc(Cl)cc(Cl)c2)cnc1C1CCNCC1. The third-order valence-electron chi connectivity index (χ3n) is 3.89. The number of nitrogens with one attached hydrogen (secondary N) is 1. The van der Waals surface area contributed by atoms with Crippen molar-refractivity contribution in [3.8, 4) is 11.3 Å². The molecule has 20 heavy (non-hydrogen) atoms. The van der Waals surface area contributed by atoms with Crippen LogP contribution in [0.25, 0.3) is 11.3 Å². The molecular weight excluding hydrogens is 293 g/mol. The highest BCUT2D eigenvalue weighted by molar-refractivity contribution is 6.35. The van der Waals surface area contributed by atoms with Crippen molar-refractivity contribution < 1.29 is 0 Å². The normalized spacial score (nSPS) is 16.6. The van der Waals surface area contributed by atoms with Gasteiger partial charge in [-0.3, -0.25) is 0 Å². The van der Waals surface area contributed by atoms with Gasteiger partial charge in [-0.05, 0) is 44.1 Å². The largest absolute Gasteiger partial charge is 0.331 e. The van der Waals surface area contributed by atoms with E-state index in [4.69, 9.17) is 23.2 Å². The van der Waals surface area contributed by atoms with Gasteiger partial charge in [-0.1, -0.05) is 23.2 Å². The van der Waals surface area contributed by atoms with Gasteiger partial charge in [0.1, 0.15) is 5.82 Å². The summed E-state index contributed by atoms with van der Waals surface area (Å²) in [5, 5.41) is 4.69. The molecule has 0 bridgehead atoms. The maximum atomic E-state index is 6.09. The van der Waals surface area contributed by atoms with E-state index in [-0.39, 0.29) is 0 Å². The van der Waals surface area contributed by atoms with Crippen LogP contribution in [0.15, 0.2) is 24.4 Å². The number of nitrogens with zero attached hydrogens (tertiary/aromatic N) is 2. The Balaban J connectivity index is 1.96. The van der Waals surface area contributed by atoms with Crippen LogP contribution < -0.4 is 5.32 Å². The number of imidazole rings is 1. The van der Waals surface area contributed by atoms with Crippen LogP contribution >= 0.6 is 23.2 Å². The van der Waals surface area contributed by atoms with Gasteiger partial charge < -0.3 is 9.88 Å². The maximum absolute atomic E-state index is 6.09. The second-order valence-electron chi connectivity index (χ2n) is 5.24. The molecule has 3 rings (SSSR count). The quantitative estimate of drug-likeness (QED) is 0.913. The minimum absolute atomic E-state index is 0.532. The molecule has 0 atom stereocenters. The molecule has 1 aliphatic heterocycles. The van der Waals surface area contributed by atoms with E-state index in [9.17, 15) is 0 Å². The third-order valence-corrected chi connectivity index (χ3v) is 4.32. The molecular formula is C15H17Cl2N3. The maximum Gasteiger partial charge on any atom is 0.112 e. The van der Waals surface area contributed by atoms with E-state index in [1.807, 2.05) is 18.3 Å². The molecule has 1 N–H and O–H groups in total. The summed E-state index contributed by atoms with van der Waals surface area (Å²) >= 11 is 12.2. The number of halogens is 2. The summed E-state index contributed by atoms with van der Waals surface area (Å²) in [7, 11) is 2.06. The Morgan fingerprint density at radius 3 is 2.45 bits per heavy atom. The first-order valence-corrected chi connectivity index (χ1v) is 7.59. The number of hydrogen-bond donors (Lipinski definition) is 1. The Kier molecular flexibility index (Phi) is 4.01. The summed E-state index contributed by atoms with van der Waals surface area (Å²) in [5.41, 5.74) is 2.07. The molecule has 1 saturated heterocycles. The first kappa shape index (κ1) is 13.9. The highest BCUT2D eigenvalue weighted by atomic mass is 35.5. The minimum atomic E-state index is 0.532. The predicted molar refractivity (Wildman–Crippen MR) is 83.5 cm³/mol. The summed E-state index contributed by atoms with van der Waals surface area (Å²) in [6, 6.07) is 5.60. The second-order valence-corrected chi connectivity index (χ2v) is 6.12. The van der Waals surface area contributed by atoms with Crippen molar-refractivity contribution in [1.82, 2.24) is 14.9 Å². The predicted octanol–water partition coefficient (Wildman–Crippen LogP) is 3.86. The summed E-state index contributed by atoms with van der Waals surface area (Å²) in [4.78, 5) is 4.62. The van der Waals surface area contributed by atoms with Gasteiger partial charge in [0.15, 0.2) is 0 Å². The summed E-state index contributed by atoms with van der Waals surface area (Å²) in [6.07, 6.45) is 4.19. The lowest BCUT2D eigenvalue weighted by Crippen LogP contribution is -2.27. The van der Waals surface area contributed by atoms with E-state index >= 15 is 0 Å². The summed E-state index contributed by atoms with van der Waals surface area (Å²) < 4.78 is 2.16. The van der Waals surface area contributed by atoms with Crippen molar-refractivity contribution in [3.05, 3.63) is 40.3 Å². The smallest absolute Gasteiger partial charge is 0.112 e. The number of piperidine rings is 1. The van der Waals surface area contributed by atoms with Gasteiger partial charge in [0, 0.05) is 28.6 Å². The molecule has 1 fully saturated rings. The average molecular weight is 310 g/mol. The highest BCUT2D eigenvalue weighted by Crippen LogP contribution is 2.31. The van der Waals surface area contributed by atoms with E-state index in [0.29, 0.717) is 16.0 Å². The van der Waals surface area contributed by atoms with Crippen LogP contribution in [-0.2, 0) is 7.05 Å².